The Morgan fingerprint density at radius 3 is 2.13 bits per heavy atom. The van der Waals surface area contributed by atoms with E-state index in [0.717, 1.165) is 17.0 Å². The summed E-state index contributed by atoms with van der Waals surface area (Å²) in [5.41, 5.74) is 3.09. The molecule has 0 N–H and O–H groups in total. The van der Waals surface area contributed by atoms with Gasteiger partial charge in [0.25, 0.3) is 11.8 Å². The Bertz CT molecular complexity index is 803. The first kappa shape index (κ1) is 15.0. The van der Waals surface area contributed by atoms with Gasteiger partial charge in [-0.3, -0.25) is 14.3 Å². The second-order valence-corrected chi connectivity index (χ2v) is 5.37. The fraction of sp³-hybridized carbons (Fsp3) is 0.250. The molecule has 1 aliphatic rings. The van der Waals surface area contributed by atoms with E-state index >= 15 is 0 Å². The molecule has 0 bridgehead atoms. The van der Waals surface area contributed by atoms with Crippen molar-refractivity contribution in [3.05, 3.63) is 52.3 Å². The lowest BCUT2D eigenvalue weighted by atomic mass is 10.1. The van der Waals surface area contributed by atoms with E-state index in [-0.39, 0.29) is 17.7 Å². The molecule has 0 saturated heterocycles. The van der Waals surface area contributed by atoms with Crippen LogP contribution in [0.1, 0.15) is 37.7 Å². The number of hydrogen-bond donors (Lipinski definition) is 0. The molecule has 2 heterocycles. The fourth-order valence-electron chi connectivity index (χ4n) is 2.44. The van der Waals surface area contributed by atoms with Crippen molar-refractivity contribution in [3.8, 4) is 0 Å². The predicted molar refractivity (Wildman–Crippen MR) is 79.5 cm³/mol. The van der Waals surface area contributed by atoms with Crippen LogP contribution in [0, 0.1) is 20.8 Å². The van der Waals surface area contributed by atoms with Crippen LogP contribution in [0.15, 0.2) is 24.3 Å². The average Bonchev–Trinajstić information content (AvgIpc) is 2.91. The summed E-state index contributed by atoms with van der Waals surface area (Å²) < 4.78 is 1.49. The number of carbonyl (C=O) groups is 3. The van der Waals surface area contributed by atoms with Gasteiger partial charge in [0, 0.05) is 5.69 Å². The lowest BCUT2D eigenvalue weighted by Crippen LogP contribution is -2.34. The molecule has 23 heavy (non-hydrogen) atoms. The Labute approximate surface area is 132 Å². The van der Waals surface area contributed by atoms with E-state index < -0.39 is 17.8 Å². The lowest BCUT2D eigenvalue weighted by molar-refractivity contribution is -0.169. The quantitative estimate of drug-likeness (QED) is 0.803. The summed E-state index contributed by atoms with van der Waals surface area (Å²) in [6.45, 7) is 5.41. The Hall–Kier alpha value is -2.96. The van der Waals surface area contributed by atoms with Gasteiger partial charge >= 0.3 is 5.97 Å². The van der Waals surface area contributed by atoms with Gasteiger partial charge in [0.1, 0.15) is 6.54 Å². The van der Waals surface area contributed by atoms with Gasteiger partial charge in [-0.05, 0) is 38.5 Å². The monoisotopic (exact) mass is 313 g/mol. The zero-order chi connectivity index (χ0) is 16.7. The second kappa shape index (κ2) is 5.35. The van der Waals surface area contributed by atoms with E-state index in [0.29, 0.717) is 5.06 Å². The summed E-state index contributed by atoms with van der Waals surface area (Å²) >= 11 is 0. The van der Waals surface area contributed by atoms with Gasteiger partial charge in [-0.2, -0.15) is 5.10 Å². The van der Waals surface area contributed by atoms with Crippen molar-refractivity contribution < 1.29 is 19.2 Å². The first-order valence-electron chi connectivity index (χ1n) is 7.09. The van der Waals surface area contributed by atoms with Crippen LogP contribution >= 0.6 is 0 Å². The van der Waals surface area contributed by atoms with E-state index in [1.54, 1.807) is 12.1 Å². The number of rotatable bonds is 3. The maximum atomic E-state index is 12.1. The molecule has 7 heteroatoms. The van der Waals surface area contributed by atoms with Crippen LogP contribution in [0.3, 0.4) is 0 Å². The third-order valence-electron chi connectivity index (χ3n) is 3.97. The molecule has 118 valence electrons. The number of hydrogen-bond acceptors (Lipinski definition) is 5. The van der Waals surface area contributed by atoms with Crippen LogP contribution in [0.5, 0.6) is 0 Å². The molecule has 1 aromatic heterocycles. The highest BCUT2D eigenvalue weighted by molar-refractivity contribution is 6.20. The summed E-state index contributed by atoms with van der Waals surface area (Å²) in [4.78, 5) is 41.3. The minimum absolute atomic E-state index is 0.173. The number of imide groups is 1. The molecule has 0 saturated carbocycles. The standard InChI is InChI=1S/C16H15N3O4/c1-9-10(2)17-18(11(9)3)8-14(20)23-19-15(21)12-6-4-5-7-13(12)16(19)22/h4-7H,8H2,1-3H3. The minimum Gasteiger partial charge on any atom is -0.328 e. The lowest BCUT2D eigenvalue weighted by Gasteiger charge is -2.13. The van der Waals surface area contributed by atoms with Crippen molar-refractivity contribution in [3.63, 3.8) is 0 Å². The van der Waals surface area contributed by atoms with Gasteiger partial charge < -0.3 is 4.84 Å². The number of aromatic nitrogens is 2. The molecule has 7 nitrogen and oxygen atoms in total. The van der Waals surface area contributed by atoms with Crippen molar-refractivity contribution in [2.24, 2.45) is 0 Å². The van der Waals surface area contributed by atoms with Crippen LogP contribution in [0.25, 0.3) is 0 Å². The van der Waals surface area contributed by atoms with Gasteiger partial charge in [-0.15, -0.1) is 0 Å². The van der Waals surface area contributed by atoms with Gasteiger partial charge in [0.05, 0.1) is 16.8 Å². The van der Waals surface area contributed by atoms with Crippen LogP contribution in [0.2, 0.25) is 0 Å². The van der Waals surface area contributed by atoms with Crippen molar-refractivity contribution in [1.82, 2.24) is 14.8 Å². The Kier molecular flexibility index (Phi) is 3.48. The third kappa shape index (κ3) is 2.40. The van der Waals surface area contributed by atoms with Crippen LogP contribution in [-0.4, -0.2) is 32.6 Å². The van der Waals surface area contributed by atoms with Crippen LogP contribution in [-0.2, 0) is 16.2 Å². The van der Waals surface area contributed by atoms with Gasteiger partial charge in [0.15, 0.2) is 0 Å². The van der Waals surface area contributed by atoms with E-state index in [4.69, 9.17) is 4.84 Å². The molecular weight excluding hydrogens is 298 g/mol. The van der Waals surface area contributed by atoms with Crippen LogP contribution in [0.4, 0.5) is 0 Å². The highest BCUT2D eigenvalue weighted by Crippen LogP contribution is 2.22. The normalized spacial score (nSPS) is 13.4. The fourth-order valence-corrected chi connectivity index (χ4v) is 2.44. The first-order valence-corrected chi connectivity index (χ1v) is 7.09. The SMILES string of the molecule is Cc1nn(CC(=O)ON2C(=O)c3ccccc3C2=O)c(C)c1C. The summed E-state index contributed by atoms with van der Waals surface area (Å²) in [5.74, 6) is -2.00. The Balaban J connectivity index is 1.75. The highest BCUT2D eigenvalue weighted by Gasteiger charge is 2.38. The van der Waals surface area contributed by atoms with Crippen molar-refractivity contribution in [2.75, 3.05) is 0 Å². The van der Waals surface area contributed by atoms with Gasteiger partial charge in [-0.25, -0.2) is 4.79 Å². The summed E-state index contributed by atoms with van der Waals surface area (Å²) in [5, 5.41) is 4.73. The summed E-state index contributed by atoms with van der Waals surface area (Å²) in [7, 11) is 0. The number of hydroxylamine groups is 2. The maximum absolute atomic E-state index is 12.1. The highest BCUT2D eigenvalue weighted by atomic mass is 16.7. The molecule has 0 spiro atoms. The summed E-state index contributed by atoms with van der Waals surface area (Å²) in [6.07, 6.45) is 0. The Morgan fingerprint density at radius 2 is 1.65 bits per heavy atom. The molecule has 0 aliphatic carbocycles. The molecule has 0 atom stereocenters. The van der Waals surface area contributed by atoms with Gasteiger partial charge in [0.2, 0.25) is 0 Å². The number of carbonyl (C=O) groups excluding carboxylic acids is 3. The number of fused-ring (bicyclic) bond motifs is 1. The predicted octanol–water partition coefficient (Wildman–Crippen LogP) is 1.56. The molecule has 3 rings (SSSR count). The van der Waals surface area contributed by atoms with E-state index in [1.807, 2.05) is 20.8 Å². The third-order valence-corrected chi connectivity index (χ3v) is 3.97. The average molecular weight is 313 g/mol. The maximum Gasteiger partial charge on any atom is 0.354 e. The van der Waals surface area contributed by atoms with Crippen molar-refractivity contribution >= 4 is 17.8 Å². The minimum atomic E-state index is -0.731. The molecule has 0 radical (unpaired) electrons. The molecule has 1 aromatic carbocycles. The molecule has 2 aromatic rings. The van der Waals surface area contributed by atoms with Crippen molar-refractivity contribution in [1.29, 1.82) is 0 Å². The van der Waals surface area contributed by atoms with Gasteiger partial charge in [-0.1, -0.05) is 17.2 Å². The first-order chi connectivity index (χ1) is 10.9. The molecule has 0 fully saturated rings. The second-order valence-electron chi connectivity index (χ2n) is 5.37. The largest absolute Gasteiger partial charge is 0.354 e. The zero-order valence-electron chi connectivity index (χ0n) is 13.0. The number of nitrogens with zero attached hydrogens (tertiary/aromatic N) is 3. The van der Waals surface area contributed by atoms with E-state index in [2.05, 4.69) is 5.10 Å². The molecule has 0 unspecified atom stereocenters. The van der Waals surface area contributed by atoms with Crippen LogP contribution < -0.4 is 0 Å². The van der Waals surface area contributed by atoms with Crippen molar-refractivity contribution in [2.45, 2.75) is 27.3 Å². The number of benzene rings is 1. The number of amides is 2. The molecular formula is C16H15N3O4. The molecule has 1 aliphatic heterocycles. The number of aryl methyl sites for hydroxylation is 1. The molecule has 2 amide bonds. The van der Waals surface area contributed by atoms with E-state index in [1.165, 1.54) is 16.8 Å². The summed E-state index contributed by atoms with van der Waals surface area (Å²) in [6, 6.07) is 6.34. The zero-order valence-corrected chi connectivity index (χ0v) is 13.0. The smallest absolute Gasteiger partial charge is 0.328 e. The Morgan fingerprint density at radius 1 is 1.09 bits per heavy atom. The topological polar surface area (TPSA) is 81.5 Å². The van der Waals surface area contributed by atoms with E-state index in [9.17, 15) is 14.4 Å².